The van der Waals surface area contributed by atoms with Crippen molar-refractivity contribution in [1.29, 1.82) is 0 Å². The standard InChI is InChI=1S/C32H45ClN2O4Si/c1-20(2)40(21(3)4,22(5)6)39-26-14-17-35(18-15-26)30(28-13-16-34-31(28)36)27-12-11-25(19-29(27)33)23-7-9-24(10-8-23)32(37)38/h7-12,19-22,26,28,30H,13-18H2,1-6H3,(H,34,36)(H,37,38)/t28?,30-/m0/s1. The predicted octanol–water partition coefficient (Wildman–Crippen LogP) is 7.54. The average molecular weight is 585 g/mol. The van der Waals surface area contributed by atoms with E-state index in [-0.39, 0.29) is 29.5 Å². The van der Waals surface area contributed by atoms with E-state index >= 15 is 0 Å². The third kappa shape index (κ3) is 6.18. The molecule has 6 nitrogen and oxygen atoms in total. The van der Waals surface area contributed by atoms with Crippen molar-refractivity contribution in [2.75, 3.05) is 19.6 Å². The maximum atomic E-state index is 12.9. The summed E-state index contributed by atoms with van der Waals surface area (Å²) >= 11 is 6.95. The number of rotatable bonds is 10. The van der Waals surface area contributed by atoms with Gasteiger partial charge in [-0.05, 0) is 70.8 Å². The number of carbonyl (C=O) groups excluding carboxylic acids is 1. The van der Waals surface area contributed by atoms with Gasteiger partial charge in [-0.1, -0.05) is 77.4 Å². The molecule has 4 rings (SSSR count). The van der Waals surface area contributed by atoms with Gasteiger partial charge in [-0.3, -0.25) is 9.69 Å². The Morgan fingerprint density at radius 3 is 2.00 bits per heavy atom. The van der Waals surface area contributed by atoms with Crippen molar-refractivity contribution in [3.05, 3.63) is 58.6 Å². The normalized spacial score (nSPS) is 19.9. The number of aromatic carboxylic acids is 1. The van der Waals surface area contributed by atoms with Gasteiger partial charge in [0.2, 0.25) is 14.2 Å². The van der Waals surface area contributed by atoms with Crippen LogP contribution in [0.15, 0.2) is 42.5 Å². The quantitative estimate of drug-likeness (QED) is 0.282. The molecule has 2 saturated heterocycles. The molecule has 0 saturated carbocycles. The molecule has 0 bridgehead atoms. The number of likely N-dealkylation sites (tertiary alicyclic amines) is 1. The Kier molecular flexibility index (Phi) is 9.81. The fraction of sp³-hybridized carbons (Fsp3) is 0.562. The number of carbonyl (C=O) groups is 2. The average Bonchev–Trinajstić information content (AvgIpc) is 3.33. The minimum Gasteiger partial charge on any atom is -0.478 e. The summed E-state index contributed by atoms with van der Waals surface area (Å²) in [6.45, 7) is 16.4. The van der Waals surface area contributed by atoms with E-state index in [2.05, 4.69) is 57.8 Å². The number of carboxylic acid groups (broad SMARTS) is 1. The van der Waals surface area contributed by atoms with Crippen molar-refractivity contribution in [1.82, 2.24) is 10.2 Å². The number of hydrogen-bond donors (Lipinski definition) is 2. The van der Waals surface area contributed by atoms with E-state index in [1.165, 1.54) is 0 Å². The van der Waals surface area contributed by atoms with Gasteiger partial charge in [0.15, 0.2) is 0 Å². The third-order valence-corrected chi connectivity index (χ3v) is 15.7. The summed E-state index contributed by atoms with van der Waals surface area (Å²) in [4.78, 5) is 26.6. The number of halogens is 1. The first-order chi connectivity index (χ1) is 19.0. The Balaban J connectivity index is 1.56. The highest BCUT2D eigenvalue weighted by Crippen LogP contribution is 2.45. The second kappa shape index (κ2) is 12.8. The molecule has 218 valence electrons. The molecular weight excluding hydrogens is 540 g/mol. The first-order valence-electron chi connectivity index (χ1n) is 14.8. The number of benzene rings is 2. The number of amides is 1. The van der Waals surface area contributed by atoms with Crippen LogP contribution in [0.4, 0.5) is 0 Å². The number of hydrogen-bond acceptors (Lipinski definition) is 4. The lowest BCUT2D eigenvalue weighted by Crippen LogP contribution is -2.52. The van der Waals surface area contributed by atoms with Gasteiger partial charge in [0, 0.05) is 36.8 Å². The van der Waals surface area contributed by atoms with Crippen molar-refractivity contribution in [2.45, 2.75) is 89.6 Å². The molecule has 2 atom stereocenters. The highest BCUT2D eigenvalue weighted by molar-refractivity contribution is 6.77. The lowest BCUT2D eigenvalue weighted by molar-refractivity contribution is -0.124. The molecule has 8 heteroatoms. The maximum absolute atomic E-state index is 12.9. The second-order valence-corrected chi connectivity index (χ2v) is 18.2. The fourth-order valence-electron chi connectivity index (χ4n) is 7.30. The van der Waals surface area contributed by atoms with Crippen molar-refractivity contribution < 1.29 is 19.1 Å². The lowest BCUT2D eigenvalue weighted by atomic mass is 9.87. The Labute approximate surface area is 245 Å². The van der Waals surface area contributed by atoms with Gasteiger partial charge < -0.3 is 14.8 Å². The van der Waals surface area contributed by atoms with Crippen LogP contribution in [-0.2, 0) is 9.22 Å². The lowest BCUT2D eigenvalue weighted by Gasteiger charge is -2.47. The van der Waals surface area contributed by atoms with Crippen LogP contribution < -0.4 is 5.32 Å². The molecule has 2 N–H and O–H groups in total. The van der Waals surface area contributed by atoms with Gasteiger partial charge in [-0.15, -0.1) is 0 Å². The van der Waals surface area contributed by atoms with Gasteiger partial charge in [0.1, 0.15) is 0 Å². The molecule has 0 aromatic heterocycles. The van der Waals surface area contributed by atoms with E-state index < -0.39 is 14.3 Å². The zero-order chi connectivity index (χ0) is 29.2. The summed E-state index contributed by atoms with van der Waals surface area (Å²) in [5.41, 5.74) is 4.71. The molecule has 1 unspecified atom stereocenters. The highest BCUT2D eigenvalue weighted by Gasteiger charge is 2.47. The van der Waals surface area contributed by atoms with Crippen molar-refractivity contribution >= 4 is 31.8 Å². The Hall–Kier alpha value is -2.19. The van der Waals surface area contributed by atoms with Crippen LogP contribution in [0.25, 0.3) is 11.1 Å². The zero-order valence-corrected chi connectivity index (χ0v) is 26.5. The number of carboxylic acids is 1. The molecule has 2 fully saturated rings. The van der Waals surface area contributed by atoms with Crippen molar-refractivity contribution in [3.63, 3.8) is 0 Å². The monoisotopic (exact) mass is 584 g/mol. The Morgan fingerprint density at radius 1 is 0.950 bits per heavy atom. The van der Waals surface area contributed by atoms with E-state index in [9.17, 15) is 14.7 Å². The van der Waals surface area contributed by atoms with Crippen LogP contribution in [0.3, 0.4) is 0 Å². The van der Waals surface area contributed by atoms with E-state index in [4.69, 9.17) is 16.0 Å². The summed E-state index contributed by atoms with van der Waals surface area (Å²) in [5, 5.41) is 12.9. The number of nitrogens with zero attached hydrogens (tertiary/aromatic N) is 1. The summed E-state index contributed by atoms with van der Waals surface area (Å²) in [6, 6.07) is 12.7. The SMILES string of the molecule is CC(C)[Si](OC1CCN([C@@H](c2ccc(-c3ccc(C(=O)O)cc3)cc2Cl)C2CCNC2=O)CC1)(C(C)C)C(C)C. The molecule has 1 amide bonds. The van der Waals surface area contributed by atoms with Gasteiger partial charge in [0.05, 0.1) is 11.5 Å². The predicted molar refractivity (Wildman–Crippen MR) is 164 cm³/mol. The largest absolute Gasteiger partial charge is 0.478 e. The van der Waals surface area contributed by atoms with Crippen LogP contribution in [0.1, 0.15) is 82.8 Å². The minimum absolute atomic E-state index is 0.0957. The molecule has 40 heavy (non-hydrogen) atoms. The maximum Gasteiger partial charge on any atom is 0.335 e. The Bertz CT molecular complexity index is 1170. The topological polar surface area (TPSA) is 78.9 Å². The molecule has 2 aromatic rings. The van der Waals surface area contributed by atoms with Crippen LogP contribution in [0.5, 0.6) is 0 Å². The fourth-order valence-corrected chi connectivity index (χ4v) is 13.2. The van der Waals surface area contributed by atoms with Crippen LogP contribution in [-0.4, -0.2) is 55.9 Å². The zero-order valence-electron chi connectivity index (χ0n) is 24.7. The molecule has 0 radical (unpaired) electrons. The molecule has 2 aromatic carbocycles. The second-order valence-electron chi connectivity index (χ2n) is 12.4. The Morgan fingerprint density at radius 2 is 1.52 bits per heavy atom. The smallest absolute Gasteiger partial charge is 0.335 e. The van der Waals surface area contributed by atoms with E-state index in [0.29, 0.717) is 28.2 Å². The number of piperidine rings is 1. The van der Waals surface area contributed by atoms with Crippen LogP contribution in [0, 0.1) is 5.92 Å². The van der Waals surface area contributed by atoms with E-state index in [1.807, 2.05) is 12.1 Å². The molecule has 2 aliphatic heterocycles. The molecule has 0 aliphatic carbocycles. The molecule has 2 aliphatic rings. The third-order valence-electron chi connectivity index (χ3n) is 9.20. The highest BCUT2D eigenvalue weighted by atomic mass is 35.5. The van der Waals surface area contributed by atoms with Crippen molar-refractivity contribution in [2.24, 2.45) is 5.92 Å². The van der Waals surface area contributed by atoms with Gasteiger partial charge in [0.25, 0.3) is 0 Å². The van der Waals surface area contributed by atoms with E-state index in [0.717, 1.165) is 49.0 Å². The first-order valence-corrected chi connectivity index (χ1v) is 17.3. The molecular formula is C32H45ClN2O4Si. The summed E-state index contributed by atoms with van der Waals surface area (Å²) < 4.78 is 7.13. The summed E-state index contributed by atoms with van der Waals surface area (Å²) in [5.74, 6) is -0.998. The number of nitrogens with one attached hydrogen (secondary N) is 1. The van der Waals surface area contributed by atoms with E-state index in [1.54, 1.807) is 24.3 Å². The van der Waals surface area contributed by atoms with Crippen LogP contribution >= 0.6 is 11.6 Å². The summed E-state index contributed by atoms with van der Waals surface area (Å²) in [6.07, 6.45) is 2.95. The molecule has 2 heterocycles. The van der Waals surface area contributed by atoms with Gasteiger partial charge >= 0.3 is 5.97 Å². The minimum atomic E-state index is -1.96. The summed E-state index contributed by atoms with van der Waals surface area (Å²) in [7, 11) is -1.96. The first kappa shape index (κ1) is 30.8. The van der Waals surface area contributed by atoms with Crippen molar-refractivity contribution in [3.8, 4) is 11.1 Å². The van der Waals surface area contributed by atoms with Gasteiger partial charge in [-0.25, -0.2) is 4.79 Å². The molecule has 0 spiro atoms. The van der Waals surface area contributed by atoms with Gasteiger partial charge in [-0.2, -0.15) is 0 Å². The van der Waals surface area contributed by atoms with Crippen LogP contribution in [0.2, 0.25) is 21.6 Å².